The molecule has 1 N–H and O–H groups in total. The van der Waals surface area contributed by atoms with Crippen molar-refractivity contribution in [3.05, 3.63) is 83.2 Å². The maximum absolute atomic E-state index is 12.6. The monoisotopic (exact) mass is 393 g/mol. The second-order valence-corrected chi connectivity index (χ2v) is 6.48. The Hall–Kier alpha value is -3.52. The van der Waals surface area contributed by atoms with Gasteiger partial charge in [-0.05, 0) is 37.3 Å². The highest BCUT2D eigenvalue weighted by atomic mass is 35.5. The van der Waals surface area contributed by atoms with Gasteiger partial charge in [0, 0.05) is 10.7 Å². The van der Waals surface area contributed by atoms with Crippen molar-refractivity contribution in [3.63, 3.8) is 0 Å². The first-order chi connectivity index (χ1) is 13.6. The first kappa shape index (κ1) is 17.9. The van der Waals surface area contributed by atoms with E-state index in [-0.39, 0.29) is 18.1 Å². The number of nitrogens with one attached hydrogen (secondary N) is 1. The lowest BCUT2D eigenvalue weighted by atomic mass is 10.3. The fourth-order valence-electron chi connectivity index (χ4n) is 2.73. The summed E-state index contributed by atoms with van der Waals surface area (Å²) in [4.78, 5) is 14.0. The molecule has 2 heterocycles. The Bertz CT molecular complexity index is 1120. The van der Waals surface area contributed by atoms with Crippen molar-refractivity contribution >= 4 is 17.5 Å². The molecule has 28 heavy (non-hydrogen) atoms. The largest absolute Gasteiger partial charge is 0.343 e. The van der Waals surface area contributed by atoms with E-state index in [1.54, 1.807) is 31.5 Å². The molecule has 4 rings (SSSR count). The molecule has 4 aromatic rings. The predicted octanol–water partition coefficient (Wildman–Crippen LogP) is 2.74. The SMILES string of the molecule is Cc1nn(-c2cccc(Cl)c2)nc1C(=O)NCc1nncn1-c1ccccc1. The van der Waals surface area contributed by atoms with Crippen LogP contribution in [0.5, 0.6) is 0 Å². The molecule has 0 fully saturated rings. The van der Waals surface area contributed by atoms with Crippen LogP contribution in [-0.4, -0.2) is 35.7 Å². The molecular formula is C19H16ClN7O. The molecular weight excluding hydrogens is 378 g/mol. The first-order valence-corrected chi connectivity index (χ1v) is 8.92. The van der Waals surface area contributed by atoms with Crippen molar-refractivity contribution < 1.29 is 4.79 Å². The molecule has 140 valence electrons. The molecule has 0 aliphatic rings. The third-order valence-corrected chi connectivity index (χ3v) is 4.33. The number of carbonyl (C=O) groups excluding carboxylic acids is 1. The van der Waals surface area contributed by atoms with Gasteiger partial charge >= 0.3 is 0 Å². The second-order valence-electron chi connectivity index (χ2n) is 6.04. The highest BCUT2D eigenvalue weighted by Gasteiger charge is 2.17. The Morgan fingerprint density at radius 2 is 1.86 bits per heavy atom. The molecule has 0 aliphatic heterocycles. The van der Waals surface area contributed by atoms with Gasteiger partial charge in [-0.15, -0.1) is 15.3 Å². The number of aromatic nitrogens is 6. The fraction of sp³-hybridized carbons (Fsp3) is 0.105. The van der Waals surface area contributed by atoms with Crippen LogP contribution < -0.4 is 5.32 Å². The Morgan fingerprint density at radius 1 is 1.07 bits per heavy atom. The number of rotatable bonds is 5. The number of para-hydroxylation sites is 1. The minimum atomic E-state index is -0.339. The Morgan fingerprint density at radius 3 is 2.64 bits per heavy atom. The van der Waals surface area contributed by atoms with E-state index < -0.39 is 0 Å². The summed E-state index contributed by atoms with van der Waals surface area (Å²) >= 11 is 6.01. The third kappa shape index (κ3) is 3.63. The molecule has 9 heteroatoms. The zero-order valence-corrected chi connectivity index (χ0v) is 15.7. The van der Waals surface area contributed by atoms with Gasteiger partial charge in [-0.3, -0.25) is 9.36 Å². The summed E-state index contributed by atoms with van der Waals surface area (Å²) in [5, 5.41) is 20.0. The van der Waals surface area contributed by atoms with E-state index in [1.165, 1.54) is 4.80 Å². The van der Waals surface area contributed by atoms with E-state index in [1.807, 2.05) is 41.0 Å². The van der Waals surface area contributed by atoms with Gasteiger partial charge in [0.15, 0.2) is 11.5 Å². The molecule has 2 aromatic heterocycles. The summed E-state index contributed by atoms with van der Waals surface area (Å²) in [5.41, 5.74) is 2.35. The summed E-state index contributed by atoms with van der Waals surface area (Å²) < 4.78 is 1.82. The number of hydrogen-bond acceptors (Lipinski definition) is 5. The topological polar surface area (TPSA) is 90.5 Å². The van der Waals surface area contributed by atoms with E-state index >= 15 is 0 Å². The van der Waals surface area contributed by atoms with Crippen molar-refractivity contribution in [1.29, 1.82) is 0 Å². The lowest BCUT2D eigenvalue weighted by Crippen LogP contribution is -2.25. The van der Waals surface area contributed by atoms with Crippen molar-refractivity contribution in [2.75, 3.05) is 0 Å². The van der Waals surface area contributed by atoms with Gasteiger partial charge in [0.2, 0.25) is 0 Å². The molecule has 0 unspecified atom stereocenters. The van der Waals surface area contributed by atoms with Gasteiger partial charge in [0.1, 0.15) is 6.33 Å². The lowest BCUT2D eigenvalue weighted by molar-refractivity contribution is 0.0943. The summed E-state index contributed by atoms with van der Waals surface area (Å²) in [6, 6.07) is 16.8. The summed E-state index contributed by atoms with van der Waals surface area (Å²) in [7, 11) is 0. The number of carbonyl (C=O) groups is 1. The second kappa shape index (κ2) is 7.61. The zero-order chi connectivity index (χ0) is 19.5. The predicted molar refractivity (Wildman–Crippen MR) is 104 cm³/mol. The van der Waals surface area contributed by atoms with Crippen molar-refractivity contribution in [3.8, 4) is 11.4 Å². The van der Waals surface area contributed by atoms with E-state index in [2.05, 4.69) is 25.7 Å². The van der Waals surface area contributed by atoms with Gasteiger partial charge < -0.3 is 5.32 Å². The molecule has 0 aliphatic carbocycles. The standard InChI is InChI=1S/C19H16ClN7O/c1-13-18(25-27(24-13)16-9-5-6-14(20)10-16)19(28)21-11-17-23-22-12-26(17)15-7-3-2-4-8-15/h2-10,12H,11H2,1H3,(H,21,28). The van der Waals surface area contributed by atoms with E-state index in [9.17, 15) is 4.79 Å². The van der Waals surface area contributed by atoms with Crippen molar-refractivity contribution in [1.82, 2.24) is 35.1 Å². The lowest BCUT2D eigenvalue weighted by Gasteiger charge is -2.07. The van der Waals surface area contributed by atoms with Crippen molar-refractivity contribution in [2.45, 2.75) is 13.5 Å². The van der Waals surface area contributed by atoms with Gasteiger partial charge in [-0.2, -0.15) is 9.90 Å². The van der Waals surface area contributed by atoms with Gasteiger partial charge in [0.25, 0.3) is 5.91 Å². The quantitative estimate of drug-likeness (QED) is 0.563. The van der Waals surface area contributed by atoms with Gasteiger partial charge in [-0.1, -0.05) is 35.9 Å². The smallest absolute Gasteiger partial charge is 0.274 e. The van der Waals surface area contributed by atoms with Crippen LogP contribution in [0.3, 0.4) is 0 Å². The summed E-state index contributed by atoms with van der Waals surface area (Å²) in [5.74, 6) is 0.271. The number of benzene rings is 2. The molecule has 2 aromatic carbocycles. The molecule has 0 saturated heterocycles. The van der Waals surface area contributed by atoms with Crippen molar-refractivity contribution in [2.24, 2.45) is 0 Å². The number of halogens is 1. The minimum Gasteiger partial charge on any atom is -0.343 e. The number of nitrogens with zero attached hydrogens (tertiary/aromatic N) is 6. The average Bonchev–Trinajstić information content (AvgIpc) is 3.33. The average molecular weight is 394 g/mol. The Labute approximate surface area is 165 Å². The maximum Gasteiger partial charge on any atom is 0.274 e. The summed E-state index contributed by atoms with van der Waals surface area (Å²) in [6.45, 7) is 1.94. The molecule has 0 radical (unpaired) electrons. The fourth-order valence-corrected chi connectivity index (χ4v) is 2.92. The minimum absolute atomic E-state index is 0.206. The summed E-state index contributed by atoms with van der Waals surface area (Å²) in [6.07, 6.45) is 1.61. The molecule has 0 bridgehead atoms. The van der Waals surface area contributed by atoms with Crippen LogP contribution in [0, 0.1) is 6.92 Å². The molecule has 8 nitrogen and oxygen atoms in total. The first-order valence-electron chi connectivity index (χ1n) is 8.54. The number of hydrogen-bond donors (Lipinski definition) is 1. The molecule has 0 saturated carbocycles. The number of amides is 1. The van der Waals surface area contributed by atoms with E-state index in [4.69, 9.17) is 11.6 Å². The van der Waals surface area contributed by atoms with Crippen LogP contribution in [0.15, 0.2) is 60.9 Å². The van der Waals surface area contributed by atoms with Gasteiger partial charge in [-0.25, -0.2) is 0 Å². The van der Waals surface area contributed by atoms with Crippen LogP contribution in [0.2, 0.25) is 5.02 Å². The normalized spacial score (nSPS) is 10.8. The number of aryl methyl sites for hydroxylation is 1. The molecule has 0 atom stereocenters. The third-order valence-electron chi connectivity index (χ3n) is 4.10. The molecule has 1 amide bonds. The van der Waals surface area contributed by atoms with Crippen LogP contribution >= 0.6 is 11.6 Å². The van der Waals surface area contributed by atoms with Crippen LogP contribution in [-0.2, 0) is 6.54 Å². The van der Waals surface area contributed by atoms with E-state index in [0.717, 1.165) is 5.69 Å². The molecule has 0 spiro atoms. The van der Waals surface area contributed by atoms with Gasteiger partial charge in [0.05, 0.1) is 17.9 Å². The Kier molecular flexibility index (Phi) is 4.86. The zero-order valence-electron chi connectivity index (χ0n) is 15.0. The van der Waals surface area contributed by atoms with Crippen LogP contribution in [0.1, 0.15) is 22.0 Å². The highest BCUT2D eigenvalue weighted by molar-refractivity contribution is 6.30. The van der Waals surface area contributed by atoms with Crippen LogP contribution in [0.4, 0.5) is 0 Å². The Balaban J connectivity index is 1.51. The van der Waals surface area contributed by atoms with Crippen LogP contribution in [0.25, 0.3) is 11.4 Å². The van der Waals surface area contributed by atoms with E-state index in [0.29, 0.717) is 22.2 Å². The highest BCUT2D eigenvalue weighted by Crippen LogP contribution is 2.15. The maximum atomic E-state index is 12.6.